The molecule has 5 heteroatoms. The molecule has 1 aliphatic rings. The average molecular weight is 337 g/mol. The Morgan fingerprint density at radius 3 is 2.76 bits per heavy atom. The largest absolute Gasteiger partial charge is 0.349 e. The topological polar surface area (TPSA) is 62.3 Å². The number of hydrogen-bond acceptors (Lipinski definition) is 3. The number of anilines is 1. The van der Waals surface area contributed by atoms with Crippen molar-refractivity contribution in [2.24, 2.45) is 0 Å². The van der Waals surface area contributed by atoms with E-state index in [1.54, 1.807) is 11.1 Å². The van der Waals surface area contributed by atoms with Crippen molar-refractivity contribution >= 4 is 17.5 Å². The molecule has 5 nitrogen and oxygen atoms in total. The summed E-state index contributed by atoms with van der Waals surface area (Å²) in [5, 5.41) is 2.92. The molecule has 0 saturated heterocycles. The van der Waals surface area contributed by atoms with Crippen LogP contribution in [0.5, 0.6) is 0 Å². The lowest BCUT2D eigenvalue weighted by atomic mass is 10.1. The number of para-hydroxylation sites is 1. The number of nitrogens with zero attached hydrogens (tertiary/aromatic N) is 2. The van der Waals surface area contributed by atoms with Gasteiger partial charge < -0.3 is 5.32 Å². The van der Waals surface area contributed by atoms with Crippen LogP contribution in [0.3, 0.4) is 0 Å². The minimum absolute atomic E-state index is 0.0183. The normalized spacial score (nSPS) is 15.2. The van der Waals surface area contributed by atoms with E-state index in [9.17, 15) is 9.59 Å². The molecule has 2 amide bonds. The number of aryl methyl sites for hydroxylation is 1. The van der Waals surface area contributed by atoms with Crippen LogP contribution in [-0.4, -0.2) is 22.8 Å². The third-order valence-corrected chi connectivity index (χ3v) is 4.53. The van der Waals surface area contributed by atoms with Crippen molar-refractivity contribution in [1.29, 1.82) is 0 Å². The fourth-order valence-electron chi connectivity index (χ4n) is 3.27. The van der Waals surface area contributed by atoms with Gasteiger partial charge in [-0.15, -0.1) is 0 Å². The maximum absolute atomic E-state index is 12.8. The number of benzene rings is 1. The smallest absolute Gasteiger partial charge is 0.243 e. The number of pyridine rings is 1. The molecule has 3 rings (SSSR count). The van der Waals surface area contributed by atoms with E-state index < -0.39 is 6.04 Å². The molecule has 0 radical (unpaired) electrons. The number of carbonyl (C=O) groups excluding carboxylic acids is 2. The predicted molar refractivity (Wildman–Crippen MR) is 97.0 cm³/mol. The van der Waals surface area contributed by atoms with Crippen molar-refractivity contribution in [1.82, 2.24) is 10.3 Å². The van der Waals surface area contributed by atoms with Crippen molar-refractivity contribution in [3.8, 4) is 0 Å². The number of hydrogen-bond donors (Lipinski definition) is 1. The van der Waals surface area contributed by atoms with Crippen LogP contribution in [0.1, 0.15) is 37.4 Å². The molecule has 1 unspecified atom stereocenters. The molecule has 0 bridgehead atoms. The standard InChI is InChI=1S/C20H23N3O2/c1-2-17(20(25)22-14-16-10-5-6-13-21-16)23-18-11-4-3-8-15(18)9-7-12-19(23)24/h3-6,8,10-11,13,17H,2,7,9,12,14H2,1H3,(H,22,25). The first-order valence-electron chi connectivity index (χ1n) is 8.78. The van der Waals surface area contributed by atoms with Gasteiger partial charge in [0.1, 0.15) is 6.04 Å². The van der Waals surface area contributed by atoms with E-state index in [2.05, 4.69) is 10.3 Å². The molecule has 2 aromatic rings. The van der Waals surface area contributed by atoms with Crippen LogP contribution in [0.4, 0.5) is 5.69 Å². The number of fused-ring (bicyclic) bond motifs is 1. The second-order valence-electron chi connectivity index (χ2n) is 6.21. The minimum atomic E-state index is -0.504. The fraction of sp³-hybridized carbons (Fsp3) is 0.350. The van der Waals surface area contributed by atoms with E-state index in [4.69, 9.17) is 0 Å². The molecule has 0 saturated carbocycles. The van der Waals surface area contributed by atoms with Crippen molar-refractivity contribution in [2.75, 3.05) is 4.90 Å². The van der Waals surface area contributed by atoms with E-state index in [1.165, 1.54) is 0 Å². The van der Waals surface area contributed by atoms with Gasteiger partial charge >= 0.3 is 0 Å². The van der Waals surface area contributed by atoms with Crippen molar-refractivity contribution in [3.63, 3.8) is 0 Å². The lowest BCUT2D eigenvalue weighted by Crippen LogP contribution is -2.49. The molecular weight excluding hydrogens is 314 g/mol. The van der Waals surface area contributed by atoms with Crippen LogP contribution in [-0.2, 0) is 22.6 Å². The Hall–Kier alpha value is -2.69. The van der Waals surface area contributed by atoms with E-state index in [0.717, 1.165) is 29.8 Å². The van der Waals surface area contributed by atoms with Gasteiger partial charge in [-0.2, -0.15) is 0 Å². The first-order chi connectivity index (χ1) is 12.2. The summed E-state index contributed by atoms with van der Waals surface area (Å²) in [6.45, 7) is 2.30. The maximum atomic E-state index is 12.8. The molecular formula is C20H23N3O2. The van der Waals surface area contributed by atoms with E-state index in [-0.39, 0.29) is 11.8 Å². The van der Waals surface area contributed by atoms with Crippen LogP contribution in [0.15, 0.2) is 48.7 Å². The zero-order valence-electron chi connectivity index (χ0n) is 14.4. The second kappa shape index (κ2) is 7.92. The summed E-state index contributed by atoms with van der Waals surface area (Å²) in [4.78, 5) is 31.4. The molecule has 2 heterocycles. The quantitative estimate of drug-likeness (QED) is 0.912. The molecule has 130 valence electrons. The Morgan fingerprint density at radius 2 is 2.00 bits per heavy atom. The van der Waals surface area contributed by atoms with E-state index in [0.29, 0.717) is 19.4 Å². The molecule has 0 aliphatic carbocycles. The van der Waals surface area contributed by atoms with Crippen LogP contribution in [0, 0.1) is 0 Å². The summed E-state index contributed by atoms with van der Waals surface area (Å²) in [7, 11) is 0. The lowest BCUT2D eigenvalue weighted by Gasteiger charge is -2.30. The maximum Gasteiger partial charge on any atom is 0.243 e. The number of nitrogens with one attached hydrogen (secondary N) is 1. The molecule has 1 aliphatic heterocycles. The predicted octanol–water partition coefficient (Wildman–Crippen LogP) is 2.85. The van der Waals surface area contributed by atoms with Gasteiger partial charge in [0.25, 0.3) is 0 Å². The zero-order chi connectivity index (χ0) is 17.6. The Labute approximate surface area is 148 Å². The lowest BCUT2D eigenvalue weighted by molar-refractivity contribution is -0.126. The zero-order valence-corrected chi connectivity index (χ0v) is 14.4. The van der Waals surface area contributed by atoms with Crippen LogP contribution in [0.2, 0.25) is 0 Å². The summed E-state index contributed by atoms with van der Waals surface area (Å²) in [5.74, 6) is -0.122. The van der Waals surface area contributed by atoms with Gasteiger partial charge in [-0.25, -0.2) is 0 Å². The summed E-state index contributed by atoms with van der Waals surface area (Å²) < 4.78 is 0. The fourth-order valence-corrected chi connectivity index (χ4v) is 3.27. The summed E-state index contributed by atoms with van der Waals surface area (Å²) in [6, 6.07) is 13.0. The molecule has 1 atom stereocenters. The third kappa shape index (κ3) is 3.87. The first-order valence-corrected chi connectivity index (χ1v) is 8.78. The highest BCUT2D eigenvalue weighted by Gasteiger charge is 2.32. The monoisotopic (exact) mass is 337 g/mol. The second-order valence-corrected chi connectivity index (χ2v) is 6.21. The van der Waals surface area contributed by atoms with Gasteiger partial charge in [0.05, 0.1) is 12.2 Å². The Morgan fingerprint density at radius 1 is 1.20 bits per heavy atom. The average Bonchev–Trinajstić information content (AvgIpc) is 2.81. The number of aromatic nitrogens is 1. The van der Waals surface area contributed by atoms with Gasteiger partial charge in [-0.05, 0) is 43.0 Å². The molecule has 0 spiro atoms. The number of amides is 2. The van der Waals surface area contributed by atoms with Crippen LogP contribution >= 0.6 is 0 Å². The Bertz CT molecular complexity index is 746. The third-order valence-electron chi connectivity index (χ3n) is 4.53. The highest BCUT2D eigenvalue weighted by molar-refractivity contribution is 6.01. The first kappa shape index (κ1) is 17.1. The van der Waals surface area contributed by atoms with Crippen LogP contribution in [0.25, 0.3) is 0 Å². The SMILES string of the molecule is CCC(C(=O)NCc1ccccn1)N1C(=O)CCCc2ccccc21. The van der Waals surface area contributed by atoms with Crippen LogP contribution < -0.4 is 10.2 Å². The summed E-state index contributed by atoms with van der Waals surface area (Å²) in [6.07, 6.45) is 4.42. The highest BCUT2D eigenvalue weighted by atomic mass is 16.2. The Balaban J connectivity index is 1.81. The van der Waals surface area contributed by atoms with Gasteiger partial charge in [0.2, 0.25) is 11.8 Å². The molecule has 0 fully saturated rings. The van der Waals surface area contributed by atoms with E-state index >= 15 is 0 Å². The van der Waals surface area contributed by atoms with Crippen molar-refractivity contribution in [2.45, 2.75) is 45.2 Å². The summed E-state index contributed by atoms with van der Waals surface area (Å²) >= 11 is 0. The minimum Gasteiger partial charge on any atom is -0.349 e. The van der Waals surface area contributed by atoms with Crippen molar-refractivity contribution < 1.29 is 9.59 Å². The summed E-state index contributed by atoms with van der Waals surface area (Å²) in [5.41, 5.74) is 2.79. The number of carbonyl (C=O) groups is 2. The molecule has 1 N–H and O–H groups in total. The molecule has 25 heavy (non-hydrogen) atoms. The molecule has 1 aromatic carbocycles. The van der Waals surface area contributed by atoms with E-state index in [1.807, 2.05) is 49.4 Å². The van der Waals surface area contributed by atoms with Gasteiger partial charge in [0, 0.05) is 18.3 Å². The van der Waals surface area contributed by atoms with Gasteiger partial charge in [-0.1, -0.05) is 31.2 Å². The highest BCUT2D eigenvalue weighted by Crippen LogP contribution is 2.29. The molecule has 1 aromatic heterocycles. The number of rotatable bonds is 5. The van der Waals surface area contributed by atoms with Crippen molar-refractivity contribution in [3.05, 3.63) is 59.9 Å². The Kier molecular flexibility index (Phi) is 5.43. The van der Waals surface area contributed by atoms with Gasteiger partial charge in [0.15, 0.2) is 0 Å². The van der Waals surface area contributed by atoms with Gasteiger partial charge in [-0.3, -0.25) is 19.5 Å².